The zero-order valence-electron chi connectivity index (χ0n) is 10.7. The Morgan fingerprint density at radius 3 is 2.52 bits per heavy atom. The van der Waals surface area contributed by atoms with Gasteiger partial charge in [0.15, 0.2) is 0 Å². The van der Waals surface area contributed by atoms with Crippen LogP contribution in [0.15, 0.2) is 53.0 Å². The van der Waals surface area contributed by atoms with Gasteiger partial charge in [-0.25, -0.2) is 4.98 Å². The fraction of sp³-hybridized carbons (Fsp3) is 0. The van der Waals surface area contributed by atoms with E-state index in [4.69, 9.17) is 0 Å². The molecule has 1 aromatic heterocycles. The number of allylic oxidation sites excluding steroid dienone is 1. The molecule has 0 atom stereocenters. The fourth-order valence-corrected chi connectivity index (χ4v) is 3.16. The van der Waals surface area contributed by atoms with E-state index in [1.807, 2.05) is 36.4 Å². The number of hydrogen-bond acceptors (Lipinski definition) is 4. The number of aliphatic hydroxyl groups is 1. The Balaban J connectivity index is 2.14. The lowest BCUT2D eigenvalue weighted by atomic mass is 10.1. The highest BCUT2D eigenvalue weighted by Crippen LogP contribution is 2.31. The van der Waals surface area contributed by atoms with E-state index in [1.54, 1.807) is 12.1 Å². The van der Waals surface area contributed by atoms with Crippen molar-refractivity contribution in [2.75, 3.05) is 0 Å². The molecule has 0 unspecified atom stereocenters. The van der Waals surface area contributed by atoms with Crippen LogP contribution >= 0.6 is 27.3 Å². The topological polar surface area (TPSA) is 56.9 Å². The second kappa shape index (κ2) is 5.68. The van der Waals surface area contributed by atoms with Gasteiger partial charge in [-0.2, -0.15) is 5.26 Å². The standard InChI is InChI=1S/C16H9BrN2OS/c17-11-7-5-10(6-8-11)15(20)12(9-18)16-19-13-3-1-2-4-14(13)21-16/h1-8,20H. The molecule has 102 valence electrons. The van der Waals surface area contributed by atoms with Gasteiger partial charge in [-0.05, 0) is 24.3 Å². The van der Waals surface area contributed by atoms with Crippen molar-refractivity contribution in [2.45, 2.75) is 0 Å². The summed E-state index contributed by atoms with van der Waals surface area (Å²) in [6.45, 7) is 0. The van der Waals surface area contributed by atoms with E-state index < -0.39 is 0 Å². The highest BCUT2D eigenvalue weighted by molar-refractivity contribution is 9.10. The molecule has 0 bridgehead atoms. The lowest BCUT2D eigenvalue weighted by Crippen LogP contribution is -1.89. The number of nitrogens with zero attached hydrogens (tertiary/aromatic N) is 2. The Kier molecular flexibility index (Phi) is 3.74. The third-order valence-corrected chi connectivity index (χ3v) is 4.56. The first-order valence-electron chi connectivity index (χ1n) is 6.14. The molecule has 0 saturated heterocycles. The van der Waals surface area contributed by atoms with Crippen LogP contribution in [0.2, 0.25) is 0 Å². The minimum atomic E-state index is -0.0518. The maximum Gasteiger partial charge on any atom is 0.143 e. The minimum Gasteiger partial charge on any atom is -0.506 e. The number of aliphatic hydroxyl groups excluding tert-OH is 1. The third-order valence-electron chi connectivity index (χ3n) is 2.97. The van der Waals surface area contributed by atoms with Gasteiger partial charge in [0, 0.05) is 10.0 Å². The van der Waals surface area contributed by atoms with Gasteiger partial charge < -0.3 is 5.11 Å². The maximum absolute atomic E-state index is 10.4. The van der Waals surface area contributed by atoms with Crippen LogP contribution in [-0.2, 0) is 0 Å². The van der Waals surface area contributed by atoms with Crippen LogP contribution in [0.25, 0.3) is 21.5 Å². The first-order chi connectivity index (χ1) is 10.2. The molecule has 5 heteroatoms. The van der Waals surface area contributed by atoms with Crippen molar-refractivity contribution in [1.29, 1.82) is 5.26 Å². The van der Waals surface area contributed by atoms with E-state index in [1.165, 1.54) is 11.3 Å². The van der Waals surface area contributed by atoms with Crippen LogP contribution in [0.5, 0.6) is 0 Å². The van der Waals surface area contributed by atoms with E-state index in [0.29, 0.717) is 10.6 Å². The predicted octanol–water partition coefficient (Wildman–Crippen LogP) is 5.01. The van der Waals surface area contributed by atoms with Crippen LogP contribution in [-0.4, -0.2) is 10.1 Å². The summed E-state index contributed by atoms with van der Waals surface area (Å²) in [7, 11) is 0. The summed E-state index contributed by atoms with van der Waals surface area (Å²) in [6.07, 6.45) is 0. The SMILES string of the molecule is N#CC(=C(O)c1ccc(Br)cc1)c1nc2ccccc2s1. The highest BCUT2D eigenvalue weighted by atomic mass is 79.9. The molecule has 21 heavy (non-hydrogen) atoms. The van der Waals surface area contributed by atoms with Crippen LogP contribution in [0.1, 0.15) is 10.6 Å². The average molecular weight is 357 g/mol. The number of rotatable bonds is 2. The van der Waals surface area contributed by atoms with Crippen LogP contribution in [0, 0.1) is 11.3 Å². The molecule has 2 aromatic carbocycles. The molecule has 3 aromatic rings. The maximum atomic E-state index is 10.4. The number of halogens is 1. The summed E-state index contributed by atoms with van der Waals surface area (Å²) < 4.78 is 1.90. The summed E-state index contributed by atoms with van der Waals surface area (Å²) in [5.74, 6) is -0.0518. The number of thiazole rings is 1. The normalized spacial score (nSPS) is 12.0. The molecule has 1 heterocycles. The molecular formula is C16H9BrN2OS. The van der Waals surface area contributed by atoms with Gasteiger partial charge in [0.25, 0.3) is 0 Å². The second-order valence-electron chi connectivity index (χ2n) is 4.33. The molecule has 0 aliphatic heterocycles. The van der Waals surface area contributed by atoms with E-state index in [2.05, 4.69) is 27.0 Å². The monoisotopic (exact) mass is 356 g/mol. The van der Waals surface area contributed by atoms with Crippen LogP contribution in [0.3, 0.4) is 0 Å². The Morgan fingerprint density at radius 1 is 1.14 bits per heavy atom. The quantitative estimate of drug-likeness (QED) is 0.518. The van der Waals surface area contributed by atoms with E-state index in [9.17, 15) is 10.4 Å². The number of hydrogen-bond donors (Lipinski definition) is 1. The Labute approximate surface area is 133 Å². The van der Waals surface area contributed by atoms with Crippen molar-refractivity contribution in [3.05, 3.63) is 63.6 Å². The van der Waals surface area contributed by atoms with Gasteiger partial charge in [0.1, 0.15) is 22.4 Å². The molecule has 0 aliphatic rings. The van der Waals surface area contributed by atoms with E-state index >= 15 is 0 Å². The van der Waals surface area contributed by atoms with Gasteiger partial charge >= 0.3 is 0 Å². The molecule has 3 rings (SSSR count). The second-order valence-corrected chi connectivity index (χ2v) is 6.28. The number of para-hydroxylation sites is 1. The lowest BCUT2D eigenvalue weighted by molar-refractivity contribution is 0.514. The van der Waals surface area contributed by atoms with Crippen molar-refractivity contribution < 1.29 is 5.11 Å². The third kappa shape index (κ3) is 2.68. The molecule has 3 nitrogen and oxygen atoms in total. The molecule has 1 N–H and O–H groups in total. The predicted molar refractivity (Wildman–Crippen MR) is 88.8 cm³/mol. The number of aromatic nitrogens is 1. The van der Waals surface area contributed by atoms with Crippen LogP contribution < -0.4 is 0 Å². The Bertz CT molecular complexity index is 842. The summed E-state index contributed by atoms with van der Waals surface area (Å²) >= 11 is 4.74. The number of fused-ring (bicyclic) bond motifs is 1. The van der Waals surface area contributed by atoms with Gasteiger partial charge in [-0.15, -0.1) is 11.3 Å². The van der Waals surface area contributed by atoms with Gasteiger partial charge in [0.05, 0.1) is 10.2 Å². The van der Waals surface area contributed by atoms with Gasteiger partial charge in [-0.1, -0.05) is 40.2 Å². The average Bonchev–Trinajstić information content (AvgIpc) is 2.92. The summed E-state index contributed by atoms with van der Waals surface area (Å²) in [4.78, 5) is 4.42. The minimum absolute atomic E-state index is 0.0518. The molecule has 0 fully saturated rings. The Hall–Kier alpha value is -2.16. The smallest absolute Gasteiger partial charge is 0.143 e. The highest BCUT2D eigenvalue weighted by Gasteiger charge is 2.14. The van der Waals surface area contributed by atoms with Crippen LogP contribution in [0.4, 0.5) is 0 Å². The molecule has 0 aliphatic carbocycles. The van der Waals surface area contributed by atoms with Gasteiger partial charge in [0.2, 0.25) is 0 Å². The number of benzene rings is 2. The first-order valence-corrected chi connectivity index (χ1v) is 7.75. The van der Waals surface area contributed by atoms with Gasteiger partial charge in [-0.3, -0.25) is 0 Å². The fourth-order valence-electron chi connectivity index (χ4n) is 1.93. The molecule has 0 radical (unpaired) electrons. The summed E-state index contributed by atoms with van der Waals surface area (Å²) in [5, 5.41) is 20.3. The molecule has 0 saturated carbocycles. The van der Waals surface area contributed by atoms with E-state index in [-0.39, 0.29) is 11.3 Å². The van der Waals surface area contributed by atoms with Crippen molar-refractivity contribution in [1.82, 2.24) is 4.98 Å². The summed E-state index contributed by atoms with van der Waals surface area (Å²) in [6, 6.07) is 16.9. The van der Waals surface area contributed by atoms with Crippen molar-refractivity contribution in [3.8, 4) is 6.07 Å². The first kappa shape index (κ1) is 13.8. The van der Waals surface area contributed by atoms with Crippen molar-refractivity contribution in [3.63, 3.8) is 0 Å². The number of nitriles is 1. The molecule has 0 amide bonds. The summed E-state index contributed by atoms with van der Waals surface area (Å²) in [5.41, 5.74) is 1.61. The largest absolute Gasteiger partial charge is 0.506 e. The molecule has 0 spiro atoms. The lowest BCUT2D eigenvalue weighted by Gasteiger charge is -2.02. The van der Waals surface area contributed by atoms with E-state index in [0.717, 1.165) is 14.7 Å². The zero-order chi connectivity index (χ0) is 14.8. The van der Waals surface area contributed by atoms with Crippen molar-refractivity contribution >= 4 is 48.8 Å². The zero-order valence-corrected chi connectivity index (χ0v) is 13.1. The van der Waals surface area contributed by atoms with Crippen molar-refractivity contribution in [2.24, 2.45) is 0 Å². The molecular weight excluding hydrogens is 348 g/mol. The Morgan fingerprint density at radius 2 is 1.86 bits per heavy atom.